The van der Waals surface area contributed by atoms with Crippen LogP contribution in [0, 0.1) is 0 Å². The standard InChI is InChI=1S/C17H15ClN4O2S/c1-24-15-8-12(13(18)9-14(15)23)10-19-22-16(20-21-17(22)25-2)11-6-4-3-5-7-11/h3-10,23H,1-2H3/b19-10+. The fourth-order valence-corrected chi connectivity index (χ4v) is 2.84. The fourth-order valence-electron chi connectivity index (χ4n) is 2.21. The molecule has 0 aliphatic carbocycles. The summed E-state index contributed by atoms with van der Waals surface area (Å²) >= 11 is 7.61. The number of ether oxygens (including phenoxy) is 1. The van der Waals surface area contributed by atoms with E-state index in [0.717, 1.165) is 5.56 Å². The molecule has 8 heteroatoms. The highest BCUT2D eigenvalue weighted by molar-refractivity contribution is 7.98. The van der Waals surface area contributed by atoms with Crippen molar-refractivity contribution in [2.75, 3.05) is 13.4 Å². The van der Waals surface area contributed by atoms with Crippen molar-refractivity contribution in [1.29, 1.82) is 0 Å². The van der Waals surface area contributed by atoms with Gasteiger partial charge in [0.1, 0.15) is 0 Å². The molecule has 0 radical (unpaired) electrons. The quantitative estimate of drug-likeness (QED) is 0.541. The second kappa shape index (κ2) is 7.58. The van der Waals surface area contributed by atoms with E-state index in [1.807, 2.05) is 36.6 Å². The number of phenolic OH excluding ortho intramolecular Hbond substituents is 1. The summed E-state index contributed by atoms with van der Waals surface area (Å²) in [5.74, 6) is 0.926. The molecule has 0 aliphatic rings. The third-order valence-corrected chi connectivity index (χ3v) is 4.38. The van der Waals surface area contributed by atoms with Crippen LogP contribution < -0.4 is 4.74 Å². The van der Waals surface area contributed by atoms with E-state index >= 15 is 0 Å². The summed E-state index contributed by atoms with van der Waals surface area (Å²) < 4.78 is 6.76. The number of thioether (sulfide) groups is 1. The van der Waals surface area contributed by atoms with E-state index < -0.39 is 0 Å². The van der Waals surface area contributed by atoms with Crippen LogP contribution >= 0.6 is 23.4 Å². The molecule has 0 bridgehead atoms. The minimum absolute atomic E-state index is 0.0243. The van der Waals surface area contributed by atoms with Crippen LogP contribution in [-0.2, 0) is 0 Å². The lowest BCUT2D eigenvalue weighted by molar-refractivity contribution is 0.373. The number of nitrogens with zero attached hydrogens (tertiary/aromatic N) is 4. The van der Waals surface area contributed by atoms with Gasteiger partial charge in [-0.25, -0.2) is 0 Å². The zero-order valence-electron chi connectivity index (χ0n) is 13.5. The summed E-state index contributed by atoms with van der Waals surface area (Å²) in [6.45, 7) is 0. The predicted octanol–water partition coefficient (Wildman–Crippen LogP) is 3.92. The van der Waals surface area contributed by atoms with E-state index in [0.29, 0.717) is 27.3 Å². The van der Waals surface area contributed by atoms with Gasteiger partial charge in [0, 0.05) is 17.2 Å². The Bertz CT molecular complexity index is 913. The summed E-state index contributed by atoms with van der Waals surface area (Å²) in [6.07, 6.45) is 3.49. The second-order valence-electron chi connectivity index (χ2n) is 4.98. The largest absolute Gasteiger partial charge is 0.504 e. The third-order valence-electron chi connectivity index (χ3n) is 3.44. The zero-order valence-corrected chi connectivity index (χ0v) is 15.1. The number of hydrogen-bond donors (Lipinski definition) is 1. The van der Waals surface area contributed by atoms with Gasteiger partial charge in [0.2, 0.25) is 5.16 Å². The Kier molecular flexibility index (Phi) is 5.25. The molecule has 3 aromatic rings. The number of methoxy groups -OCH3 is 1. The first-order chi connectivity index (χ1) is 12.1. The van der Waals surface area contributed by atoms with Gasteiger partial charge in [-0.1, -0.05) is 53.7 Å². The molecule has 0 saturated carbocycles. The van der Waals surface area contributed by atoms with E-state index in [4.69, 9.17) is 16.3 Å². The normalized spacial score (nSPS) is 11.2. The SMILES string of the molecule is COc1cc(/C=N/n2c(SC)nnc2-c2ccccc2)c(Cl)cc1O. The van der Waals surface area contributed by atoms with Crippen molar-refractivity contribution in [1.82, 2.24) is 14.9 Å². The van der Waals surface area contributed by atoms with Crippen molar-refractivity contribution in [3.8, 4) is 22.9 Å². The van der Waals surface area contributed by atoms with Crippen molar-refractivity contribution in [3.63, 3.8) is 0 Å². The highest BCUT2D eigenvalue weighted by Crippen LogP contribution is 2.31. The van der Waals surface area contributed by atoms with Crippen LogP contribution in [0.5, 0.6) is 11.5 Å². The molecule has 1 N–H and O–H groups in total. The molecule has 6 nitrogen and oxygen atoms in total. The minimum atomic E-state index is -0.0243. The van der Waals surface area contributed by atoms with E-state index in [9.17, 15) is 5.11 Å². The summed E-state index contributed by atoms with van der Waals surface area (Å²) in [4.78, 5) is 0. The number of rotatable bonds is 5. The third kappa shape index (κ3) is 3.62. The molecule has 1 aromatic heterocycles. The Morgan fingerprint density at radius 3 is 2.68 bits per heavy atom. The highest BCUT2D eigenvalue weighted by atomic mass is 35.5. The Morgan fingerprint density at radius 2 is 2.00 bits per heavy atom. The van der Waals surface area contributed by atoms with Crippen molar-refractivity contribution < 1.29 is 9.84 Å². The first-order valence-electron chi connectivity index (χ1n) is 7.29. The maximum atomic E-state index is 9.76. The van der Waals surface area contributed by atoms with Crippen LogP contribution in [0.2, 0.25) is 5.02 Å². The van der Waals surface area contributed by atoms with Crippen molar-refractivity contribution in [2.24, 2.45) is 5.10 Å². The van der Waals surface area contributed by atoms with Crippen molar-refractivity contribution >= 4 is 29.6 Å². The number of hydrogen-bond acceptors (Lipinski definition) is 6. The average molecular weight is 375 g/mol. The summed E-state index contributed by atoms with van der Waals surface area (Å²) in [5, 5.41) is 23.6. The van der Waals surface area contributed by atoms with Gasteiger partial charge in [-0.3, -0.25) is 0 Å². The van der Waals surface area contributed by atoms with Crippen LogP contribution in [0.1, 0.15) is 5.56 Å². The average Bonchev–Trinajstić information content (AvgIpc) is 3.04. The van der Waals surface area contributed by atoms with Crippen LogP contribution in [-0.4, -0.2) is 39.6 Å². The number of phenols is 1. The molecule has 128 valence electrons. The van der Waals surface area contributed by atoms with E-state index in [2.05, 4.69) is 15.3 Å². The molecule has 2 aromatic carbocycles. The summed E-state index contributed by atoms with van der Waals surface area (Å²) in [7, 11) is 1.48. The maximum absolute atomic E-state index is 9.76. The lowest BCUT2D eigenvalue weighted by Gasteiger charge is -2.07. The minimum Gasteiger partial charge on any atom is -0.504 e. The molecule has 25 heavy (non-hydrogen) atoms. The van der Waals surface area contributed by atoms with Gasteiger partial charge >= 0.3 is 0 Å². The zero-order chi connectivity index (χ0) is 17.8. The lowest BCUT2D eigenvalue weighted by Crippen LogP contribution is -1.97. The molecule has 0 spiro atoms. The topological polar surface area (TPSA) is 72.5 Å². The molecular weight excluding hydrogens is 360 g/mol. The molecule has 0 aliphatic heterocycles. The Labute approximate surface area is 154 Å². The van der Waals surface area contributed by atoms with Gasteiger partial charge in [0.25, 0.3) is 0 Å². The second-order valence-corrected chi connectivity index (χ2v) is 6.16. The lowest BCUT2D eigenvalue weighted by atomic mass is 10.2. The molecule has 0 fully saturated rings. The Balaban J connectivity index is 2.03. The number of aromatic hydroxyl groups is 1. The van der Waals surface area contributed by atoms with Gasteiger partial charge in [-0.2, -0.15) is 9.78 Å². The number of benzene rings is 2. The predicted molar refractivity (Wildman–Crippen MR) is 99.9 cm³/mol. The summed E-state index contributed by atoms with van der Waals surface area (Å²) in [6, 6.07) is 12.7. The van der Waals surface area contributed by atoms with Crippen LogP contribution in [0.4, 0.5) is 0 Å². The molecule has 0 atom stereocenters. The highest BCUT2D eigenvalue weighted by Gasteiger charge is 2.13. The first-order valence-corrected chi connectivity index (χ1v) is 8.90. The van der Waals surface area contributed by atoms with Gasteiger partial charge in [-0.15, -0.1) is 10.2 Å². The number of halogens is 1. The van der Waals surface area contributed by atoms with E-state index in [1.54, 1.807) is 17.0 Å². The Hall–Kier alpha value is -2.51. The van der Waals surface area contributed by atoms with Gasteiger partial charge < -0.3 is 9.84 Å². The molecule has 0 saturated heterocycles. The van der Waals surface area contributed by atoms with Crippen LogP contribution in [0.15, 0.2) is 52.7 Å². The first kappa shape index (κ1) is 17.3. The Morgan fingerprint density at radius 1 is 1.24 bits per heavy atom. The molecular formula is C17H15ClN4O2S. The van der Waals surface area contributed by atoms with Gasteiger partial charge in [0.05, 0.1) is 18.3 Å². The smallest absolute Gasteiger partial charge is 0.212 e. The molecule has 0 unspecified atom stereocenters. The molecule has 1 heterocycles. The van der Waals surface area contributed by atoms with E-state index in [-0.39, 0.29) is 5.75 Å². The summed E-state index contributed by atoms with van der Waals surface area (Å²) in [5.41, 5.74) is 1.51. The maximum Gasteiger partial charge on any atom is 0.212 e. The fraction of sp³-hybridized carbons (Fsp3) is 0.118. The van der Waals surface area contributed by atoms with E-state index in [1.165, 1.54) is 24.9 Å². The number of aromatic nitrogens is 3. The molecule has 3 rings (SSSR count). The van der Waals surface area contributed by atoms with Crippen molar-refractivity contribution in [3.05, 3.63) is 53.1 Å². The molecule has 0 amide bonds. The van der Waals surface area contributed by atoms with Crippen molar-refractivity contribution in [2.45, 2.75) is 5.16 Å². The van der Waals surface area contributed by atoms with Gasteiger partial charge in [-0.05, 0) is 12.3 Å². The van der Waals surface area contributed by atoms with Crippen LogP contribution in [0.25, 0.3) is 11.4 Å². The van der Waals surface area contributed by atoms with Crippen LogP contribution in [0.3, 0.4) is 0 Å². The monoisotopic (exact) mass is 374 g/mol. The van der Waals surface area contributed by atoms with Gasteiger partial charge in [0.15, 0.2) is 17.3 Å².